The Labute approximate surface area is 182 Å². The molecular formula is C18H14Cl4N4S. The summed E-state index contributed by atoms with van der Waals surface area (Å²) in [4.78, 5) is 0. The Morgan fingerprint density at radius 2 is 1.78 bits per heavy atom. The summed E-state index contributed by atoms with van der Waals surface area (Å²) in [6, 6.07) is 10.9. The maximum Gasteiger partial charge on any atom is 0.176 e. The zero-order chi connectivity index (χ0) is 19.6. The standard InChI is InChI=1S/C18H14Cl4N4S/c1-10-2-4-12(19)7-16(10)23-18(27)24-17-15(22)9-26(25-17)8-11-3-5-13(20)14(21)6-11/h2-7,9H,8H2,1H3,(H2,23,24,25,27). The van der Waals surface area contributed by atoms with E-state index < -0.39 is 0 Å². The number of aryl methyl sites for hydroxylation is 1. The molecule has 0 saturated carbocycles. The number of anilines is 2. The van der Waals surface area contributed by atoms with E-state index in [1.165, 1.54) is 0 Å². The Morgan fingerprint density at radius 3 is 2.52 bits per heavy atom. The molecule has 0 bridgehead atoms. The third-order valence-corrected chi connectivity index (χ3v) is 5.18. The van der Waals surface area contributed by atoms with Crippen LogP contribution in [0.2, 0.25) is 20.1 Å². The Morgan fingerprint density at radius 1 is 1.00 bits per heavy atom. The summed E-state index contributed by atoms with van der Waals surface area (Å²) in [7, 11) is 0. The molecule has 0 atom stereocenters. The minimum absolute atomic E-state index is 0.363. The molecule has 1 heterocycles. The second-order valence-corrected chi connectivity index (χ2v) is 7.88. The second-order valence-electron chi connectivity index (χ2n) is 5.81. The first-order chi connectivity index (χ1) is 12.8. The van der Waals surface area contributed by atoms with Crippen molar-refractivity contribution < 1.29 is 0 Å². The average molecular weight is 460 g/mol. The van der Waals surface area contributed by atoms with Gasteiger partial charge in [0.2, 0.25) is 0 Å². The fraction of sp³-hybridized carbons (Fsp3) is 0.111. The van der Waals surface area contributed by atoms with E-state index in [9.17, 15) is 0 Å². The molecule has 27 heavy (non-hydrogen) atoms. The predicted molar refractivity (Wildman–Crippen MR) is 119 cm³/mol. The summed E-state index contributed by atoms with van der Waals surface area (Å²) >= 11 is 29.6. The zero-order valence-electron chi connectivity index (χ0n) is 14.1. The molecule has 0 spiro atoms. The smallest absolute Gasteiger partial charge is 0.176 e. The van der Waals surface area contributed by atoms with Crippen molar-refractivity contribution in [2.24, 2.45) is 0 Å². The number of nitrogens with one attached hydrogen (secondary N) is 2. The van der Waals surface area contributed by atoms with Crippen molar-refractivity contribution in [3.05, 3.63) is 73.8 Å². The lowest BCUT2D eigenvalue weighted by atomic mass is 10.2. The van der Waals surface area contributed by atoms with E-state index in [1.807, 2.05) is 25.1 Å². The van der Waals surface area contributed by atoms with Gasteiger partial charge in [0.05, 0.1) is 16.6 Å². The van der Waals surface area contributed by atoms with Crippen LogP contribution >= 0.6 is 58.6 Å². The Hall–Kier alpha value is -1.50. The molecular weight excluding hydrogens is 446 g/mol. The highest BCUT2D eigenvalue weighted by atomic mass is 35.5. The van der Waals surface area contributed by atoms with Crippen molar-refractivity contribution in [1.82, 2.24) is 9.78 Å². The Bertz CT molecular complexity index is 1000. The molecule has 9 heteroatoms. The van der Waals surface area contributed by atoms with E-state index in [2.05, 4.69) is 15.7 Å². The van der Waals surface area contributed by atoms with Crippen LogP contribution in [0.3, 0.4) is 0 Å². The highest BCUT2D eigenvalue weighted by Crippen LogP contribution is 2.25. The van der Waals surface area contributed by atoms with E-state index >= 15 is 0 Å². The number of benzene rings is 2. The molecule has 2 aromatic carbocycles. The SMILES string of the molecule is Cc1ccc(Cl)cc1NC(=S)Nc1nn(Cc2ccc(Cl)c(Cl)c2)cc1Cl. The van der Waals surface area contributed by atoms with Gasteiger partial charge < -0.3 is 10.6 Å². The highest BCUT2D eigenvalue weighted by molar-refractivity contribution is 7.80. The van der Waals surface area contributed by atoms with Crippen molar-refractivity contribution >= 4 is 75.2 Å². The molecule has 0 amide bonds. The minimum Gasteiger partial charge on any atom is -0.332 e. The largest absolute Gasteiger partial charge is 0.332 e. The van der Waals surface area contributed by atoms with Crippen LogP contribution in [0.15, 0.2) is 42.6 Å². The van der Waals surface area contributed by atoms with Gasteiger partial charge in [-0.15, -0.1) is 0 Å². The van der Waals surface area contributed by atoms with Crippen molar-refractivity contribution in [3.8, 4) is 0 Å². The van der Waals surface area contributed by atoms with Crippen LogP contribution in [0.25, 0.3) is 0 Å². The van der Waals surface area contributed by atoms with E-state index in [1.54, 1.807) is 29.1 Å². The third-order valence-electron chi connectivity index (χ3n) is 3.73. The van der Waals surface area contributed by atoms with E-state index in [4.69, 9.17) is 58.6 Å². The third kappa shape index (κ3) is 5.27. The van der Waals surface area contributed by atoms with Gasteiger partial charge >= 0.3 is 0 Å². The number of nitrogens with zero attached hydrogens (tertiary/aromatic N) is 2. The summed E-state index contributed by atoms with van der Waals surface area (Å²) in [5, 5.41) is 12.9. The van der Waals surface area contributed by atoms with Crippen LogP contribution in [0.5, 0.6) is 0 Å². The molecule has 3 aromatic rings. The molecule has 0 fully saturated rings. The maximum atomic E-state index is 6.27. The molecule has 0 aliphatic rings. The van der Waals surface area contributed by atoms with Crippen molar-refractivity contribution in [3.63, 3.8) is 0 Å². The van der Waals surface area contributed by atoms with Crippen molar-refractivity contribution in [1.29, 1.82) is 0 Å². The molecule has 3 rings (SSSR count). The fourth-order valence-electron chi connectivity index (χ4n) is 2.38. The topological polar surface area (TPSA) is 41.9 Å². The summed E-state index contributed by atoms with van der Waals surface area (Å²) < 4.78 is 1.69. The van der Waals surface area contributed by atoms with Gasteiger partial charge in [-0.2, -0.15) is 5.10 Å². The van der Waals surface area contributed by atoms with Gasteiger partial charge in [0.1, 0.15) is 5.02 Å². The summed E-state index contributed by atoms with van der Waals surface area (Å²) in [5.74, 6) is 0.453. The monoisotopic (exact) mass is 458 g/mol. The number of aromatic nitrogens is 2. The van der Waals surface area contributed by atoms with Gasteiger partial charge in [-0.25, -0.2) is 0 Å². The minimum atomic E-state index is 0.363. The van der Waals surface area contributed by atoms with Gasteiger partial charge in [0.15, 0.2) is 10.9 Å². The van der Waals surface area contributed by atoms with Crippen molar-refractivity contribution in [2.45, 2.75) is 13.5 Å². The quantitative estimate of drug-likeness (QED) is 0.428. The first kappa shape index (κ1) is 20.2. The van der Waals surface area contributed by atoms with Gasteiger partial charge in [-0.3, -0.25) is 4.68 Å². The number of hydrogen-bond acceptors (Lipinski definition) is 2. The highest BCUT2D eigenvalue weighted by Gasteiger charge is 2.11. The summed E-state index contributed by atoms with van der Waals surface area (Å²) in [6.45, 7) is 2.45. The van der Waals surface area contributed by atoms with E-state index in [0.29, 0.717) is 37.6 Å². The van der Waals surface area contributed by atoms with E-state index in [0.717, 1.165) is 16.8 Å². The second kappa shape index (κ2) is 8.67. The molecule has 0 aliphatic heterocycles. The maximum absolute atomic E-state index is 6.27. The van der Waals surface area contributed by atoms with Crippen LogP contribution in [0.4, 0.5) is 11.5 Å². The Kier molecular flexibility index (Phi) is 6.50. The molecule has 1 aromatic heterocycles. The van der Waals surface area contributed by atoms with Gasteiger partial charge in [-0.1, -0.05) is 58.5 Å². The normalized spacial score (nSPS) is 10.7. The fourth-order valence-corrected chi connectivity index (χ4v) is 3.27. The molecule has 4 nitrogen and oxygen atoms in total. The first-order valence-electron chi connectivity index (χ1n) is 7.83. The van der Waals surface area contributed by atoms with Crippen LogP contribution in [-0.2, 0) is 6.54 Å². The number of thiocarbonyl (C=S) groups is 1. The van der Waals surface area contributed by atoms with Crippen LogP contribution in [-0.4, -0.2) is 14.9 Å². The zero-order valence-corrected chi connectivity index (χ0v) is 17.9. The average Bonchev–Trinajstić information content (AvgIpc) is 2.93. The van der Waals surface area contributed by atoms with Crippen molar-refractivity contribution in [2.75, 3.05) is 10.6 Å². The molecule has 140 valence electrons. The van der Waals surface area contributed by atoms with Gasteiger partial charge in [-0.05, 0) is 54.5 Å². The molecule has 0 saturated heterocycles. The van der Waals surface area contributed by atoms with Crippen LogP contribution < -0.4 is 10.6 Å². The first-order valence-corrected chi connectivity index (χ1v) is 9.75. The van der Waals surface area contributed by atoms with E-state index in [-0.39, 0.29) is 0 Å². The summed E-state index contributed by atoms with van der Waals surface area (Å²) in [5.41, 5.74) is 2.77. The Balaban J connectivity index is 1.69. The molecule has 0 unspecified atom stereocenters. The molecule has 0 radical (unpaired) electrons. The lowest BCUT2D eigenvalue weighted by Gasteiger charge is -2.11. The molecule has 2 N–H and O–H groups in total. The van der Waals surface area contributed by atoms with Crippen LogP contribution in [0, 0.1) is 6.92 Å². The molecule has 0 aliphatic carbocycles. The number of halogens is 4. The summed E-state index contributed by atoms with van der Waals surface area (Å²) in [6.07, 6.45) is 1.71. The van der Waals surface area contributed by atoms with Gasteiger partial charge in [0, 0.05) is 16.9 Å². The lowest BCUT2D eigenvalue weighted by Crippen LogP contribution is -2.20. The predicted octanol–water partition coefficient (Wildman–Crippen LogP) is 6.66. The number of hydrogen-bond donors (Lipinski definition) is 2. The van der Waals surface area contributed by atoms with Crippen LogP contribution in [0.1, 0.15) is 11.1 Å². The lowest BCUT2D eigenvalue weighted by molar-refractivity contribution is 0.690. The van der Waals surface area contributed by atoms with Gasteiger partial charge in [0.25, 0.3) is 0 Å². The number of rotatable bonds is 4.